The van der Waals surface area contributed by atoms with Gasteiger partial charge >= 0.3 is 0 Å². The lowest BCUT2D eigenvalue weighted by atomic mass is 10.1. The summed E-state index contributed by atoms with van der Waals surface area (Å²) in [5.74, 6) is 1.02. The molecule has 3 rings (SSSR count). The monoisotopic (exact) mass is 441 g/mol. The first-order chi connectivity index (χ1) is 13.3. The number of benzene rings is 1. The molecular weight excluding hydrogens is 421 g/mol. The summed E-state index contributed by atoms with van der Waals surface area (Å²) in [6, 6.07) is 5.20. The van der Waals surface area contributed by atoms with Crippen molar-refractivity contribution in [1.82, 2.24) is 15.0 Å². The minimum atomic E-state index is 0.0267. The molecule has 2 amide bonds. The van der Waals surface area contributed by atoms with Crippen LogP contribution >= 0.6 is 35.0 Å². The lowest BCUT2D eigenvalue weighted by Crippen LogP contribution is -2.51. The highest BCUT2D eigenvalue weighted by molar-refractivity contribution is 8.00. The molecule has 1 fully saturated rings. The highest BCUT2D eigenvalue weighted by atomic mass is 35.5. The number of carbonyl (C=O) groups excluding carboxylic acids is 2. The molecule has 2 heterocycles. The van der Waals surface area contributed by atoms with Gasteiger partial charge in [0, 0.05) is 41.7 Å². The molecule has 9 heteroatoms. The largest absolute Gasteiger partial charge is 0.361 e. The SMILES string of the molecule is Cc1noc(C)c1CC(=O)N1CCN(C(=O)CSc2cc(Cl)ccc2Cl)CC1. The third-order valence-electron chi connectivity index (χ3n) is 4.74. The molecule has 2 aromatic rings. The van der Waals surface area contributed by atoms with Gasteiger partial charge in [-0.05, 0) is 32.0 Å². The number of nitrogens with zero attached hydrogens (tertiary/aromatic N) is 3. The summed E-state index contributed by atoms with van der Waals surface area (Å²) >= 11 is 13.5. The Morgan fingerprint density at radius 3 is 2.36 bits per heavy atom. The van der Waals surface area contributed by atoms with E-state index in [0.29, 0.717) is 42.0 Å². The van der Waals surface area contributed by atoms with Crippen LogP contribution < -0.4 is 0 Å². The highest BCUT2D eigenvalue weighted by Crippen LogP contribution is 2.30. The van der Waals surface area contributed by atoms with E-state index >= 15 is 0 Å². The third kappa shape index (κ3) is 5.01. The molecule has 1 saturated heterocycles. The van der Waals surface area contributed by atoms with Crippen LogP contribution in [0.5, 0.6) is 0 Å². The van der Waals surface area contributed by atoms with Crippen LogP contribution in [0, 0.1) is 13.8 Å². The van der Waals surface area contributed by atoms with E-state index in [0.717, 1.165) is 16.2 Å². The summed E-state index contributed by atoms with van der Waals surface area (Å²) in [6.07, 6.45) is 0.276. The van der Waals surface area contributed by atoms with E-state index in [9.17, 15) is 9.59 Å². The molecule has 1 aliphatic heterocycles. The van der Waals surface area contributed by atoms with E-state index < -0.39 is 0 Å². The molecule has 1 aromatic carbocycles. The molecule has 0 saturated carbocycles. The number of thioether (sulfide) groups is 1. The number of rotatable bonds is 5. The summed E-state index contributed by atoms with van der Waals surface area (Å²) in [4.78, 5) is 29.4. The fraction of sp³-hybridized carbons (Fsp3) is 0.421. The minimum Gasteiger partial charge on any atom is -0.361 e. The zero-order chi connectivity index (χ0) is 20.3. The summed E-state index contributed by atoms with van der Waals surface area (Å²) < 4.78 is 5.12. The molecule has 0 unspecified atom stereocenters. The molecule has 0 atom stereocenters. The van der Waals surface area contributed by atoms with Crippen LogP contribution in [0.3, 0.4) is 0 Å². The van der Waals surface area contributed by atoms with Crippen LogP contribution in [0.25, 0.3) is 0 Å². The maximum absolute atomic E-state index is 12.5. The van der Waals surface area contributed by atoms with Gasteiger partial charge in [0.1, 0.15) is 5.76 Å². The van der Waals surface area contributed by atoms with E-state index in [1.807, 2.05) is 13.8 Å². The van der Waals surface area contributed by atoms with Crippen molar-refractivity contribution in [3.8, 4) is 0 Å². The second kappa shape index (κ2) is 9.20. The van der Waals surface area contributed by atoms with Crippen molar-refractivity contribution >= 4 is 46.8 Å². The molecule has 1 aliphatic rings. The van der Waals surface area contributed by atoms with E-state index in [4.69, 9.17) is 27.7 Å². The Balaban J connectivity index is 1.48. The van der Waals surface area contributed by atoms with Gasteiger partial charge in [0.2, 0.25) is 11.8 Å². The normalized spacial score (nSPS) is 14.4. The summed E-state index contributed by atoms with van der Waals surface area (Å²) in [7, 11) is 0. The van der Waals surface area contributed by atoms with Gasteiger partial charge in [-0.2, -0.15) is 0 Å². The number of amides is 2. The minimum absolute atomic E-state index is 0.0267. The Hall–Kier alpha value is -1.70. The van der Waals surface area contributed by atoms with E-state index in [-0.39, 0.29) is 24.0 Å². The number of piperazine rings is 1. The molecule has 0 aliphatic carbocycles. The molecule has 28 heavy (non-hydrogen) atoms. The van der Waals surface area contributed by atoms with Crippen molar-refractivity contribution in [2.75, 3.05) is 31.9 Å². The van der Waals surface area contributed by atoms with Crippen LogP contribution in [0.15, 0.2) is 27.6 Å². The van der Waals surface area contributed by atoms with Crippen molar-refractivity contribution < 1.29 is 14.1 Å². The first-order valence-electron chi connectivity index (χ1n) is 8.90. The lowest BCUT2D eigenvalue weighted by Gasteiger charge is -2.34. The van der Waals surface area contributed by atoms with Crippen molar-refractivity contribution in [2.45, 2.75) is 25.2 Å². The van der Waals surface area contributed by atoms with Crippen molar-refractivity contribution in [2.24, 2.45) is 0 Å². The Kier molecular flexibility index (Phi) is 6.91. The Bertz CT molecular complexity index is 860. The first-order valence-corrected chi connectivity index (χ1v) is 10.6. The highest BCUT2D eigenvalue weighted by Gasteiger charge is 2.25. The maximum atomic E-state index is 12.5. The van der Waals surface area contributed by atoms with Crippen LogP contribution in [0.4, 0.5) is 0 Å². The summed E-state index contributed by atoms with van der Waals surface area (Å²) in [5.41, 5.74) is 1.59. The van der Waals surface area contributed by atoms with Gasteiger partial charge in [-0.15, -0.1) is 11.8 Å². The zero-order valence-electron chi connectivity index (χ0n) is 15.7. The molecule has 1 aromatic heterocycles. The Morgan fingerprint density at radius 1 is 1.11 bits per heavy atom. The van der Waals surface area contributed by atoms with Gasteiger partial charge in [-0.25, -0.2) is 0 Å². The van der Waals surface area contributed by atoms with Crippen molar-refractivity contribution in [1.29, 1.82) is 0 Å². The molecule has 6 nitrogen and oxygen atoms in total. The van der Waals surface area contributed by atoms with E-state index in [2.05, 4.69) is 5.16 Å². The zero-order valence-corrected chi connectivity index (χ0v) is 18.0. The lowest BCUT2D eigenvalue weighted by molar-refractivity contribution is -0.137. The van der Waals surface area contributed by atoms with Gasteiger partial charge in [-0.3, -0.25) is 9.59 Å². The smallest absolute Gasteiger partial charge is 0.233 e. The molecule has 150 valence electrons. The van der Waals surface area contributed by atoms with Gasteiger partial charge in [0.05, 0.1) is 22.9 Å². The Labute approximate surface area is 178 Å². The molecular formula is C19H21Cl2N3O3S. The number of hydrogen-bond acceptors (Lipinski definition) is 5. The predicted octanol–water partition coefficient (Wildman–Crippen LogP) is 3.60. The second-order valence-corrected chi connectivity index (χ2v) is 8.47. The standard InChI is InChI=1S/C19H21Cl2N3O3S/c1-12-15(13(2)27-22-12)10-18(25)23-5-7-24(8-6-23)19(26)11-28-17-9-14(20)3-4-16(17)21/h3-4,9H,5-8,10-11H2,1-2H3. The quantitative estimate of drug-likeness (QED) is 0.662. The van der Waals surface area contributed by atoms with Crippen molar-refractivity contribution in [3.05, 3.63) is 45.3 Å². The number of aromatic nitrogens is 1. The summed E-state index contributed by atoms with van der Waals surface area (Å²) in [6.45, 7) is 5.74. The van der Waals surface area contributed by atoms with Crippen molar-refractivity contribution in [3.63, 3.8) is 0 Å². The van der Waals surface area contributed by atoms with Gasteiger partial charge < -0.3 is 14.3 Å². The number of halogens is 2. The third-order valence-corrected chi connectivity index (χ3v) is 6.46. The fourth-order valence-electron chi connectivity index (χ4n) is 3.04. The van der Waals surface area contributed by atoms with Crippen LogP contribution in [0.1, 0.15) is 17.0 Å². The molecule has 0 radical (unpaired) electrons. The predicted molar refractivity (Wildman–Crippen MR) is 110 cm³/mol. The van der Waals surface area contributed by atoms with Gasteiger partial charge in [0.15, 0.2) is 0 Å². The molecule has 0 spiro atoms. The van der Waals surface area contributed by atoms with Crippen LogP contribution in [-0.2, 0) is 16.0 Å². The van der Waals surface area contributed by atoms with Crippen LogP contribution in [0.2, 0.25) is 10.0 Å². The summed E-state index contributed by atoms with van der Waals surface area (Å²) in [5, 5.41) is 5.06. The molecule has 0 bridgehead atoms. The number of aryl methyl sites for hydroxylation is 2. The van der Waals surface area contributed by atoms with Gasteiger partial charge in [-0.1, -0.05) is 28.4 Å². The van der Waals surface area contributed by atoms with E-state index in [1.165, 1.54) is 11.8 Å². The number of carbonyl (C=O) groups is 2. The number of hydrogen-bond donors (Lipinski definition) is 0. The topological polar surface area (TPSA) is 66.7 Å². The van der Waals surface area contributed by atoms with Crippen LogP contribution in [-0.4, -0.2) is 58.7 Å². The first kappa shape index (κ1) is 21.0. The average molecular weight is 442 g/mol. The maximum Gasteiger partial charge on any atom is 0.233 e. The fourth-order valence-corrected chi connectivity index (χ4v) is 4.44. The Morgan fingerprint density at radius 2 is 1.75 bits per heavy atom. The van der Waals surface area contributed by atoms with Gasteiger partial charge in [0.25, 0.3) is 0 Å². The second-order valence-electron chi connectivity index (χ2n) is 6.60. The van der Waals surface area contributed by atoms with E-state index in [1.54, 1.807) is 28.0 Å². The molecule has 0 N–H and O–H groups in total. The average Bonchev–Trinajstić information content (AvgIpc) is 3.00.